The highest BCUT2D eigenvalue weighted by molar-refractivity contribution is 7.15. The topological polar surface area (TPSA) is 67.8 Å². The maximum absolute atomic E-state index is 11.6. The second kappa shape index (κ2) is 4.14. The second-order valence-corrected chi connectivity index (χ2v) is 4.06. The number of amides is 1. The van der Waals surface area contributed by atoms with Gasteiger partial charge in [-0.3, -0.25) is 15.1 Å². The summed E-state index contributed by atoms with van der Waals surface area (Å²) >= 11 is 1.42. The predicted molar refractivity (Wildman–Crippen MR) is 56.8 cm³/mol. The molecule has 0 unspecified atom stereocenters. The number of thiazole rings is 1. The fourth-order valence-electron chi connectivity index (χ4n) is 0.990. The van der Waals surface area contributed by atoms with Gasteiger partial charge in [0.05, 0.1) is 6.20 Å². The molecule has 5 nitrogen and oxygen atoms in total. The van der Waals surface area contributed by atoms with Crippen molar-refractivity contribution >= 4 is 22.4 Å². The molecule has 0 saturated carbocycles. The Hall–Kier alpha value is -1.82. The number of hydrogen-bond acceptors (Lipinski definition) is 5. The van der Waals surface area contributed by atoms with Crippen molar-refractivity contribution in [2.24, 2.45) is 0 Å². The first kappa shape index (κ1) is 9.72. The number of aromatic nitrogens is 3. The Kier molecular flexibility index (Phi) is 2.68. The molecule has 2 aromatic rings. The van der Waals surface area contributed by atoms with Gasteiger partial charge in [-0.05, 0) is 6.92 Å². The minimum atomic E-state index is -0.294. The van der Waals surface area contributed by atoms with Gasteiger partial charge in [0, 0.05) is 23.5 Å². The number of carbonyl (C=O) groups excluding carboxylic acids is 1. The zero-order valence-corrected chi connectivity index (χ0v) is 8.78. The van der Waals surface area contributed by atoms with Gasteiger partial charge in [0.1, 0.15) is 5.69 Å². The van der Waals surface area contributed by atoms with Crippen LogP contribution < -0.4 is 5.32 Å². The first-order valence-corrected chi connectivity index (χ1v) is 5.07. The van der Waals surface area contributed by atoms with E-state index in [1.807, 2.05) is 6.92 Å². The molecule has 0 aliphatic rings. The minimum absolute atomic E-state index is 0.283. The third kappa shape index (κ3) is 2.35. The van der Waals surface area contributed by atoms with Crippen LogP contribution in [0.4, 0.5) is 5.13 Å². The number of carbonyl (C=O) groups is 1. The van der Waals surface area contributed by atoms with Crippen molar-refractivity contribution < 1.29 is 4.79 Å². The molecule has 2 heterocycles. The van der Waals surface area contributed by atoms with Gasteiger partial charge >= 0.3 is 0 Å². The summed E-state index contributed by atoms with van der Waals surface area (Å²) in [6, 6.07) is 0. The molecule has 0 radical (unpaired) electrons. The molecule has 6 heteroatoms. The molecule has 1 amide bonds. The van der Waals surface area contributed by atoms with Crippen LogP contribution >= 0.6 is 11.3 Å². The van der Waals surface area contributed by atoms with Crippen LogP contribution in [0.2, 0.25) is 0 Å². The largest absolute Gasteiger partial charge is 0.296 e. The van der Waals surface area contributed by atoms with E-state index in [0.29, 0.717) is 5.13 Å². The summed E-state index contributed by atoms with van der Waals surface area (Å²) in [4.78, 5) is 24.3. The van der Waals surface area contributed by atoms with Crippen LogP contribution in [0.3, 0.4) is 0 Å². The standard InChI is InChI=1S/C9H8N4OS/c1-6-4-12-9(15-6)13-8(14)7-5-10-2-3-11-7/h2-5H,1H3,(H,12,13,14). The normalized spacial score (nSPS) is 9.93. The number of nitrogens with zero attached hydrogens (tertiary/aromatic N) is 3. The molecule has 15 heavy (non-hydrogen) atoms. The maximum Gasteiger partial charge on any atom is 0.277 e. The molecular formula is C9H8N4OS. The first-order chi connectivity index (χ1) is 7.25. The van der Waals surface area contributed by atoms with Gasteiger partial charge in [-0.2, -0.15) is 0 Å². The van der Waals surface area contributed by atoms with E-state index in [1.165, 1.54) is 29.9 Å². The van der Waals surface area contributed by atoms with Crippen molar-refractivity contribution in [2.75, 3.05) is 5.32 Å². The molecule has 2 aromatic heterocycles. The average molecular weight is 220 g/mol. The zero-order chi connectivity index (χ0) is 10.7. The van der Waals surface area contributed by atoms with Crippen LogP contribution in [0.5, 0.6) is 0 Å². The Bertz CT molecular complexity index is 468. The molecule has 2 rings (SSSR count). The molecule has 0 fully saturated rings. The summed E-state index contributed by atoms with van der Waals surface area (Å²) in [5.74, 6) is -0.294. The third-order valence-electron chi connectivity index (χ3n) is 1.64. The Morgan fingerprint density at radius 1 is 1.33 bits per heavy atom. The highest BCUT2D eigenvalue weighted by atomic mass is 32.1. The van der Waals surface area contributed by atoms with Gasteiger partial charge < -0.3 is 0 Å². The summed E-state index contributed by atoms with van der Waals surface area (Å²) in [6.45, 7) is 1.93. The number of aryl methyl sites for hydroxylation is 1. The fraction of sp³-hybridized carbons (Fsp3) is 0.111. The van der Waals surface area contributed by atoms with Gasteiger partial charge in [-0.25, -0.2) is 9.97 Å². The van der Waals surface area contributed by atoms with E-state index in [1.54, 1.807) is 6.20 Å². The van der Waals surface area contributed by atoms with Crippen molar-refractivity contribution in [3.8, 4) is 0 Å². The van der Waals surface area contributed by atoms with Gasteiger partial charge in [-0.15, -0.1) is 11.3 Å². The molecule has 0 saturated heterocycles. The summed E-state index contributed by atoms with van der Waals surface area (Å²) in [6.07, 6.45) is 6.11. The molecule has 0 bridgehead atoms. The summed E-state index contributed by atoms with van der Waals surface area (Å²) < 4.78 is 0. The van der Waals surface area contributed by atoms with E-state index in [9.17, 15) is 4.79 Å². The summed E-state index contributed by atoms with van der Waals surface area (Å²) in [7, 11) is 0. The lowest BCUT2D eigenvalue weighted by molar-refractivity contribution is 0.102. The monoisotopic (exact) mass is 220 g/mol. The summed E-state index contributed by atoms with van der Waals surface area (Å²) in [5, 5.41) is 3.22. The first-order valence-electron chi connectivity index (χ1n) is 4.25. The quantitative estimate of drug-likeness (QED) is 0.832. The van der Waals surface area contributed by atoms with Gasteiger partial charge in [0.2, 0.25) is 0 Å². The maximum atomic E-state index is 11.6. The van der Waals surface area contributed by atoms with Crippen molar-refractivity contribution in [1.29, 1.82) is 0 Å². The minimum Gasteiger partial charge on any atom is -0.296 e. The lowest BCUT2D eigenvalue weighted by atomic mass is 10.4. The lowest BCUT2D eigenvalue weighted by Crippen LogP contribution is -2.13. The smallest absolute Gasteiger partial charge is 0.277 e. The SMILES string of the molecule is Cc1cnc(NC(=O)c2cnccn2)s1. The van der Waals surface area contributed by atoms with Gasteiger partial charge in [0.15, 0.2) is 5.13 Å². The second-order valence-electron chi connectivity index (χ2n) is 2.82. The van der Waals surface area contributed by atoms with Crippen molar-refractivity contribution in [3.05, 3.63) is 35.4 Å². The van der Waals surface area contributed by atoms with Crippen LogP contribution in [0.1, 0.15) is 15.4 Å². The molecule has 1 N–H and O–H groups in total. The summed E-state index contributed by atoms with van der Waals surface area (Å²) in [5.41, 5.74) is 0.283. The van der Waals surface area contributed by atoms with E-state index < -0.39 is 0 Å². The Labute approximate surface area is 90.2 Å². The third-order valence-corrected chi connectivity index (χ3v) is 2.47. The Morgan fingerprint density at radius 3 is 2.80 bits per heavy atom. The molecule has 0 aromatic carbocycles. The number of nitrogens with one attached hydrogen (secondary N) is 1. The molecule has 0 atom stereocenters. The highest BCUT2D eigenvalue weighted by Crippen LogP contribution is 2.16. The van der Waals surface area contributed by atoms with Crippen molar-refractivity contribution in [2.45, 2.75) is 6.92 Å². The Morgan fingerprint density at radius 2 is 2.20 bits per heavy atom. The highest BCUT2D eigenvalue weighted by Gasteiger charge is 2.08. The predicted octanol–water partition coefficient (Wildman–Crippen LogP) is 1.49. The fourth-order valence-corrected chi connectivity index (χ4v) is 1.65. The van der Waals surface area contributed by atoms with Crippen molar-refractivity contribution in [3.63, 3.8) is 0 Å². The molecule has 0 spiro atoms. The van der Waals surface area contributed by atoms with Gasteiger partial charge in [-0.1, -0.05) is 0 Å². The van der Waals surface area contributed by atoms with Crippen LogP contribution in [-0.2, 0) is 0 Å². The Balaban J connectivity index is 2.11. The van der Waals surface area contributed by atoms with E-state index >= 15 is 0 Å². The molecule has 0 aliphatic carbocycles. The van der Waals surface area contributed by atoms with Crippen LogP contribution in [0, 0.1) is 6.92 Å². The number of anilines is 1. The molecule has 76 valence electrons. The zero-order valence-electron chi connectivity index (χ0n) is 7.97. The van der Waals surface area contributed by atoms with E-state index in [0.717, 1.165) is 4.88 Å². The van der Waals surface area contributed by atoms with Crippen LogP contribution in [0.25, 0.3) is 0 Å². The van der Waals surface area contributed by atoms with E-state index in [-0.39, 0.29) is 11.6 Å². The van der Waals surface area contributed by atoms with Gasteiger partial charge in [0.25, 0.3) is 5.91 Å². The molecular weight excluding hydrogens is 212 g/mol. The van der Waals surface area contributed by atoms with Crippen LogP contribution in [-0.4, -0.2) is 20.9 Å². The van der Waals surface area contributed by atoms with E-state index in [4.69, 9.17) is 0 Å². The van der Waals surface area contributed by atoms with E-state index in [2.05, 4.69) is 20.3 Å². The average Bonchev–Trinajstić information content (AvgIpc) is 2.65. The van der Waals surface area contributed by atoms with Crippen molar-refractivity contribution in [1.82, 2.24) is 15.0 Å². The van der Waals surface area contributed by atoms with Crippen LogP contribution in [0.15, 0.2) is 24.8 Å². The molecule has 0 aliphatic heterocycles. The lowest BCUT2D eigenvalue weighted by Gasteiger charge is -1.98. The number of hydrogen-bond donors (Lipinski definition) is 1. The number of rotatable bonds is 2.